The molecule has 142 valence electrons. The van der Waals surface area contributed by atoms with Crippen LogP contribution in [0.25, 0.3) is 0 Å². The molecule has 0 aromatic heterocycles. The van der Waals surface area contributed by atoms with Crippen molar-refractivity contribution in [3.8, 4) is 11.5 Å². The normalized spacial score (nSPS) is 26.6. The Hall–Kier alpha value is -2.61. The average molecular weight is 391 g/mol. The standard InChI is InChI=1S/C19H18FNO5S/c1-19-10-15(14-9-12(25-2)5-8-16(14)26-19)17(18(22)21-19)27(23,24)13-6-3-11(20)4-7-13/h3-9,15,17H,10H2,1-2H3,(H,21,22)/t15-,17-,19-/m1/s1. The van der Waals surface area contributed by atoms with Crippen molar-refractivity contribution >= 4 is 15.7 Å². The number of hydrogen-bond acceptors (Lipinski definition) is 5. The predicted molar refractivity (Wildman–Crippen MR) is 94.9 cm³/mol. The van der Waals surface area contributed by atoms with E-state index in [1.165, 1.54) is 19.2 Å². The maximum Gasteiger partial charge on any atom is 0.242 e. The van der Waals surface area contributed by atoms with Gasteiger partial charge < -0.3 is 14.8 Å². The summed E-state index contributed by atoms with van der Waals surface area (Å²) in [5.41, 5.74) is -0.379. The van der Waals surface area contributed by atoms with Gasteiger partial charge in [0.15, 0.2) is 20.8 Å². The molecule has 0 spiro atoms. The molecule has 27 heavy (non-hydrogen) atoms. The lowest BCUT2D eigenvalue weighted by Gasteiger charge is -2.46. The molecule has 0 saturated carbocycles. The van der Waals surface area contributed by atoms with Crippen LogP contribution >= 0.6 is 0 Å². The molecule has 2 aliphatic rings. The molecular formula is C19H18FNO5S. The Labute approximate surface area is 156 Å². The van der Waals surface area contributed by atoms with Crippen LogP contribution in [-0.2, 0) is 14.6 Å². The van der Waals surface area contributed by atoms with Crippen LogP contribution in [-0.4, -0.2) is 32.4 Å². The van der Waals surface area contributed by atoms with E-state index in [0.29, 0.717) is 23.5 Å². The molecule has 2 bridgehead atoms. The monoisotopic (exact) mass is 391 g/mol. The second-order valence-corrected chi connectivity index (χ2v) is 9.03. The zero-order chi connectivity index (χ0) is 19.4. The highest BCUT2D eigenvalue weighted by Gasteiger charge is 2.54. The van der Waals surface area contributed by atoms with E-state index >= 15 is 0 Å². The van der Waals surface area contributed by atoms with Crippen LogP contribution in [0.3, 0.4) is 0 Å². The number of benzene rings is 2. The molecule has 3 atom stereocenters. The van der Waals surface area contributed by atoms with Gasteiger partial charge in [0.05, 0.1) is 12.0 Å². The maximum absolute atomic E-state index is 13.2. The molecule has 0 radical (unpaired) electrons. The van der Waals surface area contributed by atoms with E-state index < -0.39 is 38.5 Å². The quantitative estimate of drug-likeness (QED) is 0.813. The first-order valence-electron chi connectivity index (χ1n) is 8.42. The van der Waals surface area contributed by atoms with E-state index in [0.717, 1.165) is 12.1 Å². The third kappa shape index (κ3) is 2.84. The Morgan fingerprint density at radius 2 is 1.93 bits per heavy atom. The van der Waals surface area contributed by atoms with Crippen molar-refractivity contribution in [1.82, 2.24) is 5.32 Å². The predicted octanol–water partition coefficient (Wildman–Crippen LogP) is 2.39. The van der Waals surface area contributed by atoms with Gasteiger partial charge in [-0.1, -0.05) is 0 Å². The summed E-state index contributed by atoms with van der Waals surface area (Å²) in [5, 5.41) is 1.34. The summed E-state index contributed by atoms with van der Waals surface area (Å²) in [6.07, 6.45) is 0.296. The van der Waals surface area contributed by atoms with Crippen LogP contribution in [0.2, 0.25) is 0 Å². The van der Waals surface area contributed by atoms with E-state index in [1.54, 1.807) is 25.1 Å². The van der Waals surface area contributed by atoms with E-state index in [-0.39, 0.29) is 4.90 Å². The summed E-state index contributed by atoms with van der Waals surface area (Å²) < 4.78 is 50.8. The van der Waals surface area contributed by atoms with Gasteiger partial charge in [0.2, 0.25) is 5.91 Å². The van der Waals surface area contributed by atoms with E-state index in [2.05, 4.69) is 5.32 Å². The number of carbonyl (C=O) groups is 1. The van der Waals surface area contributed by atoms with Crippen molar-refractivity contribution in [3.63, 3.8) is 0 Å². The molecular weight excluding hydrogens is 373 g/mol. The summed E-state index contributed by atoms with van der Waals surface area (Å²) in [4.78, 5) is 12.7. The third-order valence-corrected chi connectivity index (χ3v) is 7.19. The fourth-order valence-corrected chi connectivity index (χ4v) is 5.66. The molecule has 2 aromatic carbocycles. The van der Waals surface area contributed by atoms with Gasteiger partial charge in [-0.15, -0.1) is 0 Å². The molecule has 1 fully saturated rings. The van der Waals surface area contributed by atoms with Crippen LogP contribution in [0.1, 0.15) is 24.8 Å². The van der Waals surface area contributed by atoms with Crippen LogP contribution < -0.4 is 14.8 Å². The Morgan fingerprint density at radius 1 is 1.22 bits per heavy atom. The van der Waals surface area contributed by atoms with Gasteiger partial charge in [0, 0.05) is 17.9 Å². The average Bonchev–Trinajstić information content (AvgIpc) is 2.60. The summed E-state index contributed by atoms with van der Waals surface area (Å²) in [5.74, 6) is -0.737. The van der Waals surface area contributed by atoms with Gasteiger partial charge in [-0.3, -0.25) is 4.79 Å². The number of sulfone groups is 1. The zero-order valence-corrected chi connectivity index (χ0v) is 15.5. The minimum absolute atomic E-state index is 0.0939. The number of nitrogens with one attached hydrogen (secondary N) is 1. The SMILES string of the molecule is COc1ccc2c(c1)[C@H]1C[C@](C)(NC(=O)[C@@H]1S(=O)(=O)c1ccc(F)cc1)O2. The van der Waals surface area contributed by atoms with Crippen molar-refractivity contribution in [2.75, 3.05) is 7.11 Å². The van der Waals surface area contributed by atoms with Gasteiger partial charge in [-0.25, -0.2) is 12.8 Å². The van der Waals surface area contributed by atoms with Crippen molar-refractivity contribution in [3.05, 3.63) is 53.8 Å². The number of methoxy groups -OCH3 is 1. The van der Waals surface area contributed by atoms with Crippen molar-refractivity contribution in [1.29, 1.82) is 0 Å². The third-order valence-electron chi connectivity index (χ3n) is 5.05. The fourth-order valence-electron chi connectivity index (χ4n) is 3.84. The molecule has 1 amide bonds. The van der Waals surface area contributed by atoms with Gasteiger partial charge in [-0.2, -0.15) is 0 Å². The molecule has 1 N–H and O–H groups in total. The van der Waals surface area contributed by atoms with Crippen LogP contribution in [0.4, 0.5) is 4.39 Å². The number of ether oxygens (including phenoxy) is 2. The molecule has 2 heterocycles. The Bertz CT molecular complexity index is 1020. The number of amides is 1. The highest BCUT2D eigenvalue weighted by atomic mass is 32.2. The van der Waals surface area contributed by atoms with E-state index in [4.69, 9.17) is 9.47 Å². The minimum Gasteiger partial charge on any atom is -0.497 e. The lowest BCUT2D eigenvalue weighted by molar-refractivity contribution is -0.132. The fraction of sp³-hybridized carbons (Fsp3) is 0.316. The van der Waals surface area contributed by atoms with Crippen molar-refractivity contribution < 1.29 is 27.1 Å². The topological polar surface area (TPSA) is 81.7 Å². The molecule has 2 aromatic rings. The summed E-state index contributed by atoms with van der Waals surface area (Å²) in [7, 11) is -2.53. The smallest absolute Gasteiger partial charge is 0.242 e. The summed E-state index contributed by atoms with van der Waals surface area (Å²) in [6, 6.07) is 9.62. The number of fused-ring (bicyclic) bond motifs is 4. The molecule has 1 saturated heterocycles. The first kappa shape index (κ1) is 17.8. The van der Waals surface area contributed by atoms with E-state index in [9.17, 15) is 17.6 Å². The number of halogens is 1. The highest BCUT2D eigenvalue weighted by Crippen LogP contribution is 2.48. The molecule has 4 rings (SSSR count). The maximum atomic E-state index is 13.2. The van der Waals surface area contributed by atoms with Gasteiger partial charge in [0.25, 0.3) is 0 Å². The van der Waals surface area contributed by atoms with Crippen LogP contribution in [0, 0.1) is 5.82 Å². The number of carbonyl (C=O) groups excluding carboxylic acids is 1. The first-order valence-corrected chi connectivity index (χ1v) is 9.97. The Balaban J connectivity index is 1.86. The summed E-state index contributed by atoms with van der Waals surface area (Å²) >= 11 is 0. The highest BCUT2D eigenvalue weighted by molar-refractivity contribution is 7.92. The second kappa shape index (κ2) is 5.95. The lowest BCUT2D eigenvalue weighted by atomic mass is 9.81. The van der Waals surface area contributed by atoms with Gasteiger partial charge in [-0.05, 0) is 49.4 Å². The minimum atomic E-state index is -4.04. The largest absolute Gasteiger partial charge is 0.497 e. The van der Waals surface area contributed by atoms with Crippen LogP contribution in [0.5, 0.6) is 11.5 Å². The lowest BCUT2D eigenvalue weighted by Crippen LogP contribution is -2.63. The second-order valence-electron chi connectivity index (χ2n) is 6.96. The van der Waals surface area contributed by atoms with Crippen molar-refractivity contribution in [2.24, 2.45) is 0 Å². The molecule has 6 nitrogen and oxygen atoms in total. The van der Waals surface area contributed by atoms with Gasteiger partial charge >= 0.3 is 0 Å². The first-order chi connectivity index (χ1) is 12.7. The van der Waals surface area contributed by atoms with E-state index in [1.807, 2.05) is 0 Å². The Morgan fingerprint density at radius 3 is 2.59 bits per heavy atom. The number of rotatable bonds is 3. The Kier molecular flexibility index (Phi) is 3.92. The molecule has 2 aliphatic heterocycles. The molecule has 0 unspecified atom stereocenters. The number of hydrogen-bond donors (Lipinski definition) is 1. The zero-order valence-electron chi connectivity index (χ0n) is 14.7. The van der Waals surface area contributed by atoms with Gasteiger partial charge in [0.1, 0.15) is 17.3 Å². The summed E-state index contributed by atoms with van der Waals surface area (Å²) in [6.45, 7) is 1.71. The molecule has 8 heteroatoms. The van der Waals surface area contributed by atoms with Crippen LogP contribution in [0.15, 0.2) is 47.4 Å². The molecule has 0 aliphatic carbocycles. The number of piperidine rings is 1. The van der Waals surface area contributed by atoms with Crippen molar-refractivity contribution in [2.45, 2.75) is 35.1 Å².